The number of allylic oxidation sites excluding steroid dienone is 1. The van der Waals surface area contributed by atoms with E-state index in [1.165, 1.54) is 26.4 Å². The molecule has 3 aliphatic rings. The van der Waals surface area contributed by atoms with E-state index in [4.69, 9.17) is 4.74 Å². The van der Waals surface area contributed by atoms with Crippen LogP contribution in [-0.4, -0.2) is 18.9 Å². The van der Waals surface area contributed by atoms with Crippen molar-refractivity contribution in [1.29, 1.82) is 0 Å². The lowest BCUT2D eigenvalue weighted by molar-refractivity contribution is -0.157. The topological polar surface area (TPSA) is 43.4 Å². The molecule has 0 bridgehead atoms. The molecule has 4 atom stereocenters. The standard InChI is InChI=1S/C22H34O3/c1-6-22-13-10-16-20(2,3)11-7-12-21(16,4)17(22)9-8-15(14-18(22)23)19(24)25-5/h14,16-17H,6-13H2,1-5H3. The number of ketones is 1. The van der Waals surface area contributed by atoms with Gasteiger partial charge in [0.25, 0.3) is 0 Å². The van der Waals surface area contributed by atoms with Crippen molar-refractivity contribution in [2.75, 3.05) is 7.11 Å². The quantitative estimate of drug-likeness (QED) is 0.654. The van der Waals surface area contributed by atoms with Gasteiger partial charge in [-0.1, -0.05) is 34.1 Å². The minimum absolute atomic E-state index is 0.181. The number of carbonyl (C=O) groups excluding carboxylic acids is 2. The lowest BCUT2D eigenvalue weighted by Gasteiger charge is -2.62. The van der Waals surface area contributed by atoms with Crippen molar-refractivity contribution < 1.29 is 14.3 Å². The summed E-state index contributed by atoms with van der Waals surface area (Å²) in [7, 11) is 1.40. The Bertz CT molecular complexity index is 602. The van der Waals surface area contributed by atoms with E-state index >= 15 is 0 Å². The molecule has 3 rings (SSSR count). The first kappa shape index (κ1) is 18.7. The molecule has 0 aromatic carbocycles. The van der Waals surface area contributed by atoms with Crippen LogP contribution in [0.5, 0.6) is 0 Å². The molecule has 0 N–H and O–H groups in total. The lowest BCUT2D eigenvalue weighted by Crippen LogP contribution is -2.57. The molecule has 2 fully saturated rings. The fourth-order valence-corrected chi connectivity index (χ4v) is 6.98. The monoisotopic (exact) mass is 346 g/mol. The molecule has 0 amide bonds. The summed E-state index contributed by atoms with van der Waals surface area (Å²) in [5.74, 6) is 0.894. The second-order valence-corrected chi connectivity index (χ2v) is 9.57. The molecule has 0 aromatic heterocycles. The van der Waals surface area contributed by atoms with E-state index in [2.05, 4.69) is 27.7 Å². The third-order valence-electron chi connectivity index (χ3n) is 8.20. The van der Waals surface area contributed by atoms with E-state index in [0.29, 0.717) is 29.2 Å². The minimum Gasteiger partial charge on any atom is -0.466 e. The van der Waals surface area contributed by atoms with Gasteiger partial charge in [0, 0.05) is 11.0 Å². The molecule has 0 heterocycles. The maximum atomic E-state index is 13.3. The number of hydrogen-bond donors (Lipinski definition) is 0. The van der Waals surface area contributed by atoms with E-state index in [0.717, 1.165) is 25.7 Å². The molecule has 4 unspecified atom stereocenters. The summed E-state index contributed by atoms with van der Waals surface area (Å²) >= 11 is 0. The summed E-state index contributed by atoms with van der Waals surface area (Å²) in [6, 6.07) is 0. The van der Waals surface area contributed by atoms with Gasteiger partial charge in [-0.2, -0.15) is 0 Å². The summed E-state index contributed by atoms with van der Waals surface area (Å²) < 4.78 is 4.92. The minimum atomic E-state index is -0.330. The number of methoxy groups -OCH3 is 1. The molecule has 3 nitrogen and oxygen atoms in total. The molecule has 3 aliphatic carbocycles. The van der Waals surface area contributed by atoms with Crippen molar-refractivity contribution in [2.24, 2.45) is 28.1 Å². The predicted octanol–water partition coefficient (Wildman–Crippen LogP) is 5.09. The van der Waals surface area contributed by atoms with Gasteiger partial charge in [-0.15, -0.1) is 0 Å². The van der Waals surface area contributed by atoms with Crippen LogP contribution < -0.4 is 0 Å². The Kier molecular flexibility index (Phi) is 4.66. The fraction of sp³-hybridized carbons (Fsp3) is 0.818. The first-order valence-corrected chi connectivity index (χ1v) is 10.0. The number of carbonyl (C=O) groups is 2. The molecule has 140 valence electrons. The molecular weight excluding hydrogens is 312 g/mol. The molecule has 3 heteroatoms. The van der Waals surface area contributed by atoms with Crippen LogP contribution in [0.4, 0.5) is 0 Å². The van der Waals surface area contributed by atoms with Crippen LogP contribution in [0.1, 0.15) is 79.1 Å². The van der Waals surface area contributed by atoms with Crippen molar-refractivity contribution in [2.45, 2.75) is 79.1 Å². The summed E-state index contributed by atoms with van der Waals surface area (Å²) in [6.07, 6.45) is 9.99. The van der Waals surface area contributed by atoms with Crippen LogP contribution in [0, 0.1) is 28.1 Å². The molecular formula is C22H34O3. The van der Waals surface area contributed by atoms with Gasteiger partial charge < -0.3 is 4.74 Å². The summed E-state index contributed by atoms with van der Waals surface area (Å²) in [4.78, 5) is 25.4. The number of hydrogen-bond acceptors (Lipinski definition) is 3. The Balaban J connectivity index is 2.04. The van der Waals surface area contributed by atoms with Crippen molar-refractivity contribution in [3.63, 3.8) is 0 Å². The number of fused-ring (bicyclic) bond motifs is 3. The largest absolute Gasteiger partial charge is 0.466 e. The van der Waals surface area contributed by atoms with Crippen LogP contribution in [0.2, 0.25) is 0 Å². The average Bonchev–Trinajstić information content (AvgIpc) is 2.71. The Morgan fingerprint density at radius 2 is 1.88 bits per heavy atom. The van der Waals surface area contributed by atoms with Crippen LogP contribution >= 0.6 is 0 Å². The summed E-state index contributed by atoms with van der Waals surface area (Å²) in [5, 5.41) is 0. The highest BCUT2D eigenvalue weighted by molar-refractivity contribution is 6.02. The molecule has 0 aliphatic heterocycles. The third-order valence-corrected chi connectivity index (χ3v) is 8.20. The highest BCUT2D eigenvalue weighted by Crippen LogP contribution is 2.66. The second kappa shape index (κ2) is 6.25. The van der Waals surface area contributed by atoms with Crippen LogP contribution in [0.3, 0.4) is 0 Å². The van der Waals surface area contributed by atoms with Gasteiger partial charge in [0.1, 0.15) is 0 Å². The van der Waals surface area contributed by atoms with Crippen LogP contribution in [0.15, 0.2) is 11.6 Å². The maximum absolute atomic E-state index is 13.3. The van der Waals surface area contributed by atoms with Gasteiger partial charge in [-0.3, -0.25) is 4.79 Å². The van der Waals surface area contributed by atoms with E-state index in [1.807, 2.05) is 0 Å². The van der Waals surface area contributed by atoms with Crippen molar-refractivity contribution in [3.05, 3.63) is 11.6 Å². The van der Waals surface area contributed by atoms with Gasteiger partial charge in [0.2, 0.25) is 0 Å². The zero-order valence-electron chi connectivity index (χ0n) is 16.6. The normalized spacial score (nSPS) is 40.4. The van der Waals surface area contributed by atoms with Crippen molar-refractivity contribution in [3.8, 4) is 0 Å². The van der Waals surface area contributed by atoms with Gasteiger partial charge in [0.15, 0.2) is 5.78 Å². The van der Waals surface area contributed by atoms with Gasteiger partial charge in [-0.25, -0.2) is 4.79 Å². The van der Waals surface area contributed by atoms with Gasteiger partial charge >= 0.3 is 5.97 Å². The SMILES string of the molecule is CCC12CCC3C(C)(C)CCCC3(C)C1CCC(C(=O)OC)=CC2=O. The number of rotatable bonds is 2. The Morgan fingerprint density at radius 1 is 1.16 bits per heavy atom. The first-order valence-electron chi connectivity index (χ1n) is 10.0. The summed E-state index contributed by atoms with van der Waals surface area (Å²) in [5.41, 5.74) is 0.838. The predicted molar refractivity (Wildman–Crippen MR) is 99.0 cm³/mol. The average molecular weight is 347 g/mol. The highest BCUT2D eigenvalue weighted by atomic mass is 16.5. The number of esters is 1. The third kappa shape index (κ3) is 2.69. The summed E-state index contributed by atoms with van der Waals surface area (Å²) in [6.45, 7) is 9.46. The number of ether oxygens (including phenoxy) is 1. The van der Waals surface area contributed by atoms with Crippen LogP contribution in [0.25, 0.3) is 0 Å². The second-order valence-electron chi connectivity index (χ2n) is 9.57. The molecule has 0 radical (unpaired) electrons. The highest BCUT2D eigenvalue weighted by Gasteiger charge is 2.61. The lowest BCUT2D eigenvalue weighted by atomic mass is 9.41. The molecule has 0 saturated heterocycles. The Hall–Kier alpha value is -1.12. The Labute approximate surface area is 152 Å². The van der Waals surface area contributed by atoms with Crippen molar-refractivity contribution in [1.82, 2.24) is 0 Å². The molecule has 2 saturated carbocycles. The Morgan fingerprint density at radius 3 is 2.52 bits per heavy atom. The van der Waals surface area contributed by atoms with E-state index < -0.39 is 0 Å². The van der Waals surface area contributed by atoms with Gasteiger partial charge in [0.05, 0.1) is 7.11 Å². The van der Waals surface area contributed by atoms with Crippen LogP contribution in [-0.2, 0) is 14.3 Å². The zero-order valence-corrected chi connectivity index (χ0v) is 16.6. The smallest absolute Gasteiger partial charge is 0.333 e. The molecule has 0 aromatic rings. The van der Waals surface area contributed by atoms with E-state index in [9.17, 15) is 9.59 Å². The first-order chi connectivity index (χ1) is 11.7. The molecule has 25 heavy (non-hydrogen) atoms. The fourth-order valence-electron chi connectivity index (χ4n) is 6.98. The van der Waals surface area contributed by atoms with E-state index in [1.54, 1.807) is 6.08 Å². The van der Waals surface area contributed by atoms with Gasteiger partial charge in [-0.05, 0) is 73.7 Å². The zero-order chi connectivity index (χ0) is 18.5. The van der Waals surface area contributed by atoms with Crippen molar-refractivity contribution >= 4 is 11.8 Å². The molecule has 0 spiro atoms. The van der Waals surface area contributed by atoms with E-state index in [-0.39, 0.29) is 22.6 Å². The maximum Gasteiger partial charge on any atom is 0.333 e.